The van der Waals surface area contributed by atoms with E-state index in [9.17, 15) is 8.42 Å². The molecule has 0 aliphatic heterocycles. The minimum atomic E-state index is -3.89. The number of hydrogen-bond acceptors (Lipinski definition) is 5. The largest absolute Gasteiger partial charge is 0.495 e. The number of halogens is 1. The Balaban J connectivity index is 3.50. The zero-order valence-corrected chi connectivity index (χ0v) is 10.6. The summed E-state index contributed by atoms with van der Waals surface area (Å²) in [5, 5.41) is 0. The Labute approximate surface area is 98.3 Å². The summed E-state index contributed by atoms with van der Waals surface area (Å²) < 4.78 is 37.4. The van der Waals surface area contributed by atoms with Crippen LogP contribution in [0.4, 0.5) is 0 Å². The number of ether oxygens (including phenoxy) is 3. The average molecular weight is 267 g/mol. The van der Waals surface area contributed by atoms with Crippen LogP contribution in [0.15, 0.2) is 17.0 Å². The van der Waals surface area contributed by atoms with Gasteiger partial charge in [0, 0.05) is 22.8 Å². The molecule has 0 radical (unpaired) electrons. The van der Waals surface area contributed by atoms with Crippen molar-refractivity contribution in [2.75, 3.05) is 21.3 Å². The second-order valence-electron chi connectivity index (χ2n) is 2.80. The smallest absolute Gasteiger partial charge is 0.265 e. The molecule has 0 saturated carbocycles. The fourth-order valence-corrected chi connectivity index (χ4v) is 2.18. The zero-order valence-electron chi connectivity index (χ0n) is 8.98. The number of benzene rings is 1. The van der Waals surface area contributed by atoms with Crippen LogP contribution in [0.5, 0.6) is 17.2 Å². The lowest BCUT2D eigenvalue weighted by Gasteiger charge is -2.11. The van der Waals surface area contributed by atoms with Gasteiger partial charge in [-0.15, -0.1) is 0 Å². The van der Waals surface area contributed by atoms with Crippen LogP contribution in [0.1, 0.15) is 0 Å². The van der Waals surface area contributed by atoms with Crippen molar-refractivity contribution < 1.29 is 22.6 Å². The molecule has 0 heterocycles. The highest BCUT2D eigenvalue weighted by molar-refractivity contribution is 8.13. The summed E-state index contributed by atoms with van der Waals surface area (Å²) in [5.74, 6) is 0.735. The summed E-state index contributed by atoms with van der Waals surface area (Å²) in [6, 6.07) is 2.65. The highest BCUT2D eigenvalue weighted by Gasteiger charge is 2.20. The van der Waals surface area contributed by atoms with Gasteiger partial charge in [0.25, 0.3) is 9.05 Å². The van der Waals surface area contributed by atoms with Crippen molar-refractivity contribution in [1.29, 1.82) is 0 Å². The van der Waals surface area contributed by atoms with Gasteiger partial charge in [-0.2, -0.15) is 0 Å². The third-order valence-corrected chi connectivity index (χ3v) is 3.28. The van der Waals surface area contributed by atoms with E-state index >= 15 is 0 Å². The first kappa shape index (κ1) is 12.9. The summed E-state index contributed by atoms with van der Waals surface area (Å²) in [6.45, 7) is 0. The highest BCUT2D eigenvalue weighted by atomic mass is 35.7. The fraction of sp³-hybridized carbons (Fsp3) is 0.333. The molecule has 0 saturated heterocycles. The Hall–Kier alpha value is -1.14. The van der Waals surface area contributed by atoms with E-state index in [1.807, 2.05) is 0 Å². The Morgan fingerprint density at radius 3 is 1.75 bits per heavy atom. The lowest BCUT2D eigenvalue weighted by Crippen LogP contribution is -1.99. The first-order valence-corrected chi connectivity index (χ1v) is 6.49. The van der Waals surface area contributed by atoms with Crippen LogP contribution in [0.2, 0.25) is 0 Å². The van der Waals surface area contributed by atoms with Crippen molar-refractivity contribution in [2.45, 2.75) is 4.90 Å². The van der Waals surface area contributed by atoms with Crippen molar-refractivity contribution >= 4 is 19.7 Å². The number of rotatable bonds is 4. The van der Waals surface area contributed by atoms with E-state index < -0.39 is 9.05 Å². The first-order valence-electron chi connectivity index (χ1n) is 4.18. The van der Waals surface area contributed by atoms with Crippen LogP contribution < -0.4 is 14.2 Å². The van der Waals surface area contributed by atoms with Crippen molar-refractivity contribution in [1.82, 2.24) is 0 Å². The number of methoxy groups -OCH3 is 3. The van der Waals surface area contributed by atoms with Gasteiger partial charge in [0.2, 0.25) is 0 Å². The van der Waals surface area contributed by atoms with Crippen molar-refractivity contribution in [3.63, 3.8) is 0 Å². The van der Waals surface area contributed by atoms with E-state index in [0.29, 0.717) is 5.75 Å². The molecule has 0 bridgehead atoms. The van der Waals surface area contributed by atoms with Crippen LogP contribution in [0.3, 0.4) is 0 Å². The van der Waals surface area contributed by atoms with Gasteiger partial charge < -0.3 is 14.2 Å². The monoisotopic (exact) mass is 266 g/mol. The Morgan fingerprint density at radius 2 is 1.38 bits per heavy atom. The van der Waals surface area contributed by atoms with E-state index in [-0.39, 0.29) is 16.4 Å². The third kappa shape index (κ3) is 2.51. The number of hydrogen-bond donors (Lipinski definition) is 0. The van der Waals surface area contributed by atoms with Crippen LogP contribution in [0, 0.1) is 0 Å². The lowest BCUT2D eigenvalue weighted by molar-refractivity contribution is 0.345. The Kier molecular flexibility index (Phi) is 3.88. The summed E-state index contributed by atoms with van der Waals surface area (Å²) in [5.41, 5.74) is 0. The minimum absolute atomic E-state index is 0.104. The van der Waals surface area contributed by atoms with Gasteiger partial charge in [0.1, 0.15) is 10.6 Å². The van der Waals surface area contributed by atoms with Crippen LogP contribution in [-0.4, -0.2) is 29.7 Å². The molecule has 1 aromatic carbocycles. The normalized spacial score (nSPS) is 11.0. The summed E-state index contributed by atoms with van der Waals surface area (Å²) >= 11 is 0. The van der Waals surface area contributed by atoms with Crippen LogP contribution >= 0.6 is 10.7 Å². The van der Waals surface area contributed by atoms with E-state index in [1.54, 1.807) is 0 Å². The topological polar surface area (TPSA) is 61.8 Å². The van der Waals surface area contributed by atoms with Crippen molar-refractivity contribution in [2.24, 2.45) is 0 Å². The third-order valence-electron chi connectivity index (χ3n) is 1.93. The molecule has 1 aromatic rings. The molecule has 1 rings (SSSR count). The summed E-state index contributed by atoms with van der Waals surface area (Å²) in [7, 11) is 5.55. The standard InChI is InChI=1S/C9H11ClO5S/c1-13-6-4-8(15-3)9(16(10,11)12)5-7(6)14-2/h4-5H,1-3H3. The maximum absolute atomic E-state index is 11.3. The summed E-state index contributed by atoms with van der Waals surface area (Å²) in [6.07, 6.45) is 0. The maximum atomic E-state index is 11.3. The quantitative estimate of drug-likeness (QED) is 0.776. The Bertz CT molecular complexity index is 483. The molecule has 0 atom stereocenters. The van der Waals surface area contributed by atoms with E-state index in [4.69, 9.17) is 24.9 Å². The van der Waals surface area contributed by atoms with Gasteiger partial charge in [-0.1, -0.05) is 0 Å². The molecule has 0 spiro atoms. The molecule has 7 heteroatoms. The van der Waals surface area contributed by atoms with Gasteiger partial charge in [-0.25, -0.2) is 8.42 Å². The second-order valence-corrected chi connectivity index (χ2v) is 5.33. The van der Waals surface area contributed by atoms with Crippen molar-refractivity contribution in [3.05, 3.63) is 12.1 Å². The van der Waals surface area contributed by atoms with Gasteiger partial charge in [0.05, 0.1) is 21.3 Å². The van der Waals surface area contributed by atoms with Crippen LogP contribution in [0.25, 0.3) is 0 Å². The molecule has 0 aliphatic carbocycles. The average Bonchev–Trinajstić information content (AvgIpc) is 2.25. The highest BCUT2D eigenvalue weighted by Crippen LogP contribution is 2.38. The Morgan fingerprint density at radius 1 is 0.938 bits per heavy atom. The molecule has 0 aliphatic rings. The SMILES string of the molecule is COc1cc(OC)c(S(=O)(=O)Cl)cc1OC. The second kappa shape index (κ2) is 4.80. The molecule has 5 nitrogen and oxygen atoms in total. The molecule has 16 heavy (non-hydrogen) atoms. The molecule has 90 valence electrons. The molecule has 0 fully saturated rings. The molecular weight excluding hydrogens is 256 g/mol. The fourth-order valence-electron chi connectivity index (χ4n) is 1.19. The van der Waals surface area contributed by atoms with E-state index in [0.717, 1.165) is 0 Å². The summed E-state index contributed by atoms with van der Waals surface area (Å²) in [4.78, 5) is -0.158. The van der Waals surface area contributed by atoms with Gasteiger partial charge in [0.15, 0.2) is 11.5 Å². The predicted molar refractivity (Wildman–Crippen MR) is 59.1 cm³/mol. The van der Waals surface area contributed by atoms with E-state index in [2.05, 4.69) is 0 Å². The van der Waals surface area contributed by atoms with E-state index in [1.165, 1.54) is 33.5 Å². The van der Waals surface area contributed by atoms with Crippen LogP contribution in [-0.2, 0) is 9.05 Å². The lowest BCUT2D eigenvalue weighted by atomic mass is 10.3. The molecule has 0 unspecified atom stereocenters. The molecule has 0 N–H and O–H groups in total. The molecule has 0 amide bonds. The molecular formula is C9H11ClO5S. The van der Waals surface area contributed by atoms with Crippen molar-refractivity contribution in [3.8, 4) is 17.2 Å². The predicted octanol–water partition coefficient (Wildman–Crippen LogP) is 1.64. The first-order chi connectivity index (χ1) is 7.43. The van der Waals surface area contributed by atoms with Gasteiger partial charge >= 0.3 is 0 Å². The van der Waals surface area contributed by atoms with Gasteiger partial charge in [-0.05, 0) is 0 Å². The maximum Gasteiger partial charge on any atom is 0.265 e. The molecule has 0 aromatic heterocycles. The minimum Gasteiger partial charge on any atom is -0.495 e. The zero-order chi connectivity index (χ0) is 12.3. The van der Waals surface area contributed by atoms with Gasteiger partial charge in [-0.3, -0.25) is 0 Å².